The van der Waals surface area contributed by atoms with Crippen LogP contribution in [0.4, 0.5) is 18.9 Å². The van der Waals surface area contributed by atoms with Crippen LogP contribution >= 0.6 is 23.4 Å². The first-order valence-electron chi connectivity index (χ1n) is 14.6. The molecule has 46 heavy (non-hydrogen) atoms. The number of aliphatic hydroxyl groups is 1. The van der Waals surface area contributed by atoms with E-state index in [9.17, 15) is 23.1 Å². The number of benzene rings is 3. The third-order valence-corrected chi connectivity index (χ3v) is 8.26. The van der Waals surface area contributed by atoms with Gasteiger partial charge in [-0.3, -0.25) is 15.0 Å². The quantitative estimate of drug-likeness (QED) is 0.124. The second-order valence-corrected chi connectivity index (χ2v) is 12.2. The van der Waals surface area contributed by atoms with Gasteiger partial charge in [-0.25, -0.2) is 14.7 Å². The number of unbranched alkanes of at least 4 members (excludes halogenated alkanes) is 1. The summed E-state index contributed by atoms with van der Waals surface area (Å²) >= 11 is 7.52. The molecular weight excluding hydrogens is 641 g/mol. The highest BCUT2D eigenvalue weighted by Gasteiger charge is 2.33. The number of rotatable bonds is 12. The molecule has 14 heteroatoms. The number of aromatic nitrogens is 3. The van der Waals surface area contributed by atoms with E-state index in [0.29, 0.717) is 33.9 Å². The zero-order valence-corrected chi connectivity index (χ0v) is 26.6. The van der Waals surface area contributed by atoms with E-state index in [1.54, 1.807) is 12.1 Å². The molecule has 2 heterocycles. The van der Waals surface area contributed by atoms with Gasteiger partial charge in [0.15, 0.2) is 11.0 Å². The highest BCUT2D eigenvalue weighted by molar-refractivity contribution is 8.15. The van der Waals surface area contributed by atoms with Gasteiger partial charge < -0.3 is 9.84 Å². The monoisotopic (exact) mass is 672 g/mol. The van der Waals surface area contributed by atoms with Crippen LogP contribution < -0.4 is 15.0 Å². The lowest BCUT2D eigenvalue weighted by molar-refractivity contribution is -0.274. The van der Waals surface area contributed by atoms with Crippen LogP contribution in [-0.4, -0.2) is 56.0 Å². The number of anilines is 1. The van der Waals surface area contributed by atoms with E-state index >= 15 is 0 Å². The van der Waals surface area contributed by atoms with Crippen LogP contribution in [-0.2, 0) is 11.2 Å². The molecule has 1 aliphatic rings. The molecule has 5 rings (SSSR count). The number of halogens is 4. The number of hydrogen-bond acceptors (Lipinski definition) is 8. The Kier molecular flexibility index (Phi) is 10.7. The summed E-state index contributed by atoms with van der Waals surface area (Å²) in [5.41, 5.74) is 4.09. The summed E-state index contributed by atoms with van der Waals surface area (Å²) in [5, 5.41) is 19.0. The number of nitrogens with zero attached hydrogens (tertiary/aromatic N) is 5. The third-order valence-electron chi connectivity index (χ3n) is 7.08. The van der Waals surface area contributed by atoms with Gasteiger partial charge in [-0.15, -0.1) is 18.3 Å². The number of carbonyl (C=O) groups excluding carboxylic acids is 1. The Hall–Kier alpha value is -3.91. The molecular formula is C32H32ClF3N6O3S. The van der Waals surface area contributed by atoms with Gasteiger partial charge in [0.05, 0.1) is 17.1 Å². The zero-order chi connectivity index (χ0) is 32.8. The van der Waals surface area contributed by atoms with E-state index in [0.717, 1.165) is 36.0 Å². The van der Waals surface area contributed by atoms with Crippen molar-refractivity contribution in [2.75, 3.05) is 17.2 Å². The Bertz CT molecular complexity index is 1700. The number of amides is 1. The van der Waals surface area contributed by atoms with E-state index in [-0.39, 0.29) is 23.3 Å². The number of carbonyl (C=O) groups is 1. The molecule has 1 saturated heterocycles. The van der Waals surface area contributed by atoms with E-state index in [4.69, 9.17) is 11.6 Å². The van der Waals surface area contributed by atoms with E-state index in [1.165, 1.54) is 51.9 Å². The molecule has 0 aliphatic carbocycles. The molecule has 0 radical (unpaired) electrons. The lowest BCUT2D eigenvalue weighted by atomic mass is 10.0. The summed E-state index contributed by atoms with van der Waals surface area (Å²) in [6.45, 7) is 4.60. The van der Waals surface area contributed by atoms with Crippen LogP contribution in [0.3, 0.4) is 0 Å². The number of thioether (sulfide) groups is 1. The van der Waals surface area contributed by atoms with Crippen molar-refractivity contribution in [3.63, 3.8) is 0 Å². The maximum absolute atomic E-state index is 12.8. The van der Waals surface area contributed by atoms with Crippen molar-refractivity contribution in [2.24, 2.45) is 4.99 Å². The second-order valence-electron chi connectivity index (χ2n) is 10.8. The van der Waals surface area contributed by atoms with Crippen molar-refractivity contribution in [1.29, 1.82) is 0 Å². The minimum absolute atomic E-state index is 0.113. The minimum atomic E-state index is -4.75. The Morgan fingerprint density at radius 1 is 1.11 bits per heavy atom. The third kappa shape index (κ3) is 8.66. The fraction of sp³-hybridized carbons (Fsp3) is 0.312. The van der Waals surface area contributed by atoms with Crippen molar-refractivity contribution in [3.05, 3.63) is 89.2 Å². The first kappa shape index (κ1) is 33.5. The molecule has 1 fully saturated rings. The van der Waals surface area contributed by atoms with Gasteiger partial charge in [0.25, 0.3) is 0 Å². The van der Waals surface area contributed by atoms with Gasteiger partial charge in [-0.1, -0.05) is 61.5 Å². The predicted octanol–water partition coefficient (Wildman–Crippen LogP) is 6.93. The molecule has 0 spiro atoms. The van der Waals surface area contributed by atoms with Crippen LogP contribution in [0.25, 0.3) is 17.1 Å². The number of nitrogens with one attached hydrogen (secondary N) is 1. The number of hydrogen-bond donors (Lipinski definition) is 2. The summed E-state index contributed by atoms with van der Waals surface area (Å²) < 4.78 is 42.7. The molecule has 0 bridgehead atoms. The highest BCUT2D eigenvalue weighted by atomic mass is 35.5. The van der Waals surface area contributed by atoms with Crippen LogP contribution in [0.5, 0.6) is 5.75 Å². The Morgan fingerprint density at radius 2 is 1.89 bits per heavy atom. The fourth-order valence-corrected chi connectivity index (χ4v) is 5.97. The largest absolute Gasteiger partial charge is 0.573 e. The van der Waals surface area contributed by atoms with Gasteiger partial charge in [0, 0.05) is 10.6 Å². The molecule has 1 amide bonds. The van der Waals surface area contributed by atoms with Gasteiger partial charge in [0.1, 0.15) is 12.1 Å². The Balaban J connectivity index is 1.12. The zero-order valence-electron chi connectivity index (χ0n) is 25.0. The SMILES string of the molecule is CC(C)c1ccc(Cl)cc1N1C(=O)CSC1=NC(O)NCCCCc1cccc(-c2ncn(-c3ccc(OC(F)(F)F)cc3)n2)c1. The number of amidine groups is 1. The van der Waals surface area contributed by atoms with Crippen molar-refractivity contribution in [1.82, 2.24) is 20.1 Å². The standard InChI is InChI=1S/C32H32ClF3N6O3S/c1-20(2)26-14-9-23(33)17-27(26)42-28(43)18-46-31(42)39-30(44)37-15-4-3-6-21-7-5-8-22(16-21)29-38-19-41(40-29)24-10-12-25(13-11-24)45-32(34,35)36/h5,7-14,16-17,19-20,30,37,44H,3-4,6,15,18H2,1-2H3. The topological polar surface area (TPSA) is 105 Å². The van der Waals surface area contributed by atoms with E-state index in [1.807, 2.05) is 44.2 Å². The molecule has 4 aromatic rings. The minimum Gasteiger partial charge on any atom is -0.406 e. The van der Waals surface area contributed by atoms with Crippen molar-refractivity contribution >= 4 is 40.1 Å². The Morgan fingerprint density at radius 3 is 2.63 bits per heavy atom. The van der Waals surface area contributed by atoms with Gasteiger partial charge >= 0.3 is 6.36 Å². The summed E-state index contributed by atoms with van der Waals surface area (Å²) in [7, 11) is 0. The molecule has 3 aromatic carbocycles. The summed E-state index contributed by atoms with van der Waals surface area (Å²) in [4.78, 5) is 23.0. The summed E-state index contributed by atoms with van der Waals surface area (Å²) in [6.07, 6.45) is -2.03. The van der Waals surface area contributed by atoms with Gasteiger partial charge in [-0.2, -0.15) is 0 Å². The normalized spacial score (nSPS) is 15.3. The molecule has 0 saturated carbocycles. The van der Waals surface area contributed by atoms with Crippen LogP contribution in [0.2, 0.25) is 5.02 Å². The van der Waals surface area contributed by atoms with E-state index in [2.05, 4.69) is 25.1 Å². The first-order valence-corrected chi connectivity index (χ1v) is 15.9. The average Bonchev–Trinajstić information content (AvgIpc) is 3.63. The van der Waals surface area contributed by atoms with Gasteiger partial charge in [-0.05, 0) is 85.3 Å². The fourth-order valence-electron chi connectivity index (χ4n) is 4.91. The van der Waals surface area contributed by atoms with Gasteiger partial charge in [0.2, 0.25) is 12.3 Å². The maximum atomic E-state index is 12.8. The predicted molar refractivity (Wildman–Crippen MR) is 173 cm³/mol. The molecule has 2 N–H and O–H groups in total. The highest BCUT2D eigenvalue weighted by Crippen LogP contribution is 2.35. The molecule has 1 aromatic heterocycles. The smallest absolute Gasteiger partial charge is 0.406 e. The van der Waals surface area contributed by atoms with Crippen LogP contribution in [0.1, 0.15) is 43.7 Å². The number of alkyl halides is 3. The van der Waals surface area contributed by atoms with Crippen molar-refractivity contribution < 1.29 is 27.8 Å². The summed E-state index contributed by atoms with van der Waals surface area (Å²) in [5.74, 6) is 0.459. The molecule has 1 atom stereocenters. The number of aryl methyl sites for hydroxylation is 1. The first-order chi connectivity index (χ1) is 22.0. The lowest BCUT2D eigenvalue weighted by Gasteiger charge is -2.22. The van der Waals surface area contributed by atoms with E-state index < -0.39 is 12.7 Å². The number of aliphatic hydroxyl groups excluding tert-OH is 1. The van der Waals surface area contributed by atoms with Crippen molar-refractivity contribution in [2.45, 2.75) is 51.7 Å². The molecule has 9 nitrogen and oxygen atoms in total. The molecule has 1 aliphatic heterocycles. The Labute approximate surface area is 273 Å². The lowest BCUT2D eigenvalue weighted by Crippen LogP contribution is -2.34. The maximum Gasteiger partial charge on any atom is 0.573 e. The molecule has 242 valence electrons. The summed E-state index contributed by atoms with van der Waals surface area (Å²) in [6, 6.07) is 18.7. The van der Waals surface area contributed by atoms with Crippen LogP contribution in [0, 0.1) is 0 Å². The number of ether oxygens (including phenoxy) is 1. The van der Waals surface area contributed by atoms with Crippen molar-refractivity contribution in [3.8, 4) is 22.8 Å². The second kappa shape index (κ2) is 14.7. The number of aliphatic imine (C=N–C) groups is 1. The average molecular weight is 673 g/mol. The van der Waals surface area contributed by atoms with Crippen LogP contribution in [0.15, 0.2) is 78.0 Å². The molecule has 1 unspecified atom stereocenters.